The summed E-state index contributed by atoms with van der Waals surface area (Å²) in [6.07, 6.45) is -2.57. The predicted molar refractivity (Wildman–Crippen MR) is 85.6 cm³/mol. The summed E-state index contributed by atoms with van der Waals surface area (Å²) >= 11 is 0. The monoisotopic (exact) mass is 379 g/mol. The maximum atomic E-state index is 12.2. The fraction of sp³-hybridized carbons (Fsp3) is 0.533. The smallest absolute Gasteiger partial charge is 0.343 e. The molecule has 1 aromatic carbocycles. The molecule has 0 aliphatic carbocycles. The Kier molecular flexibility index (Phi) is 6.42. The fourth-order valence-corrected chi connectivity index (χ4v) is 3.59. The molecule has 1 unspecified atom stereocenters. The van der Waals surface area contributed by atoms with Crippen molar-refractivity contribution in [3.8, 4) is 0 Å². The SMILES string of the molecule is O=C(NCC(F)(F)F)c1ccc(S(=O)(=O)NCC2CCCNC2)cc1. The molecule has 3 N–H and O–H groups in total. The molecule has 0 aromatic heterocycles. The van der Waals surface area contributed by atoms with Gasteiger partial charge in [-0.25, -0.2) is 13.1 Å². The van der Waals surface area contributed by atoms with Crippen LogP contribution in [0.2, 0.25) is 0 Å². The number of sulfonamides is 1. The van der Waals surface area contributed by atoms with E-state index in [2.05, 4.69) is 10.0 Å². The van der Waals surface area contributed by atoms with E-state index in [1.54, 1.807) is 5.32 Å². The Bertz CT molecular complexity index is 684. The molecule has 0 radical (unpaired) electrons. The number of carbonyl (C=O) groups is 1. The first kappa shape index (κ1) is 19.7. The molecule has 1 aromatic rings. The van der Waals surface area contributed by atoms with Gasteiger partial charge in [-0.2, -0.15) is 13.2 Å². The summed E-state index contributed by atoms with van der Waals surface area (Å²) < 4.78 is 63.2. The van der Waals surface area contributed by atoms with Gasteiger partial charge < -0.3 is 10.6 Å². The van der Waals surface area contributed by atoms with Gasteiger partial charge in [0.15, 0.2) is 0 Å². The zero-order chi connectivity index (χ0) is 18.5. The summed E-state index contributed by atoms with van der Waals surface area (Å²) in [5.41, 5.74) is -0.0420. The van der Waals surface area contributed by atoms with Gasteiger partial charge in [-0.3, -0.25) is 4.79 Å². The maximum absolute atomic E-state index is 12.2. The molecule has 0 bridgehead atoms. The molecule has 10 heteroatoms. The second-order valence-corrected chi connectivity index (χ2v) is 7.65. The highest BCUT2D eigenvalue weighted by molar-refractivity contribution is 7.89. The number of benzene rings is 1. The third-order valence-electron chi connectivity index (χ3n) is 3.84. The summed E-state index contributed by atoms with van der Waals surface area (Å²) in [4.78, 5) is 11.6. The van der Waals surface area contributed by atoms with Crippen LogP contribution in [0.1, 0.15) is 23.2 Å². The van der Waals surface area contributed by atoms with Crippen molar-refractivity contribution in [2.24, 2.45) is 5.92 Å². The van der Waals surface area contributed by atoms with E-state index in [0.717, 1.165) is 25.9 Å². The quantitative estimate of drug-likeness (QED) is 0.694. The van der Waals surface area contributed by atoms with Gasteiger partial charge in [0.2, 0.25) is 10.0 Å². The van der Waals surface area contributed by atoms with E-state index in [9.17, 15) is 26.4 Å². The fourth-order valence-electron chi connectivity index (χ4n) is 2.48. The van der Waals surface area contributed by atoms with Crippen molar-refractivity contribution in [1.29, 1.82) is 0 Å². The minimum absolute atomic E-state index is 0.0383. The molecule has 1 heterocycles. The van der Waals surface area contributed by atoms with Gasteiger partial charge in [-0.1, -0.05) is 0 Å². The number of alkyl halides is 3. The lowest BCUT2D eigenvalue weighted by Gasteiger charge is -2.22. The number of amides is 1. The van der Waals surface area contributed by atoms with Crippen LogP contribution in [0.15, 0.2) is 29.2 Å². The summed E-state index contributed by atoms with van der Waals surface area (Å²) in [5, 5.41) is 4.92. The van der Waals surface area contributed by atoms with Gasteiger partial charge >= 0.3 is 6.18 Å². The molecule has 140 valence electrons. The van der Waals surface area contributed by atoms with Gasteiger partial charge in [0.1, 0.15) is 6.54 Å². The van der Waals surface area contributed by atoms with Gasteiger partial charge in [0, 0.05) is 12.1 Å². The van der Waals surface area contributed by atoms with E-state index in [4.69, 9.17) is 0 Å². The largest absolute Gasteiger partial charge is 0.405 e. The normalized spacial score (nSPS) is 18.8. The third kappa shape index (κ3) is 6.29. The van der Waals surface area contributed by atoms with Crippen molar-refractivity contribution < 1.29 is 26.4 Å². The van der Waals surface area contributed by atoms with Crippen LogP contribution in [0.4, 0.5) is 13.2 Å². The van der Waals surface area contributed by atoms with Crippen molar-refractivity contribution in [2.75, 3.05) is 26.2 Å². The van der Waals surface area contributed by atoms with Crippen molar-refractivity contribution >= 4 is 15.9 Å². The second-order valence-electron chi connectivity index (χ2n) is 5.89. The summed E-state index contributed by atoms with van der Waals surface area (Å²) in [5.74, 6) is -0.696. The number of halogens is 3. The van der Waals surface area contributed by atoms with E-state index in [1.165, 1.54) is 24.3 Å². The minimum atomic E-state index is -4.50. The molecule has 25 heavy (non-hydrogen) atoms. The van der Waals surface area contributed by atoms with Gasteiger partial charge in [0.25, 0.3) is 5.91 Å². The molecule has 1 aliphatic rings. The highest BCUT2D eigenvalue weighted by atomic mass is 32.2. The van der Waals surface area contributed by atoms with Crippen LogP contribution < -0.4 is 15.4 Å². The highest BCUT2D eigenvalue weighted by Crippen LogP contribution is 2.15. The molecule has 6 nitrogen and oxygen atoms in total. The molecule has 1 saturated heterocycles. The number of carbonyl (C=O) groups excluding carboxylic acids is 1. The van der Waals surface area contributed by atoms with Crippen molar-refractivity contribution in [1.82, 2.24) is 15.4 Å². The average Bonchev–Trinajstić information content (AvgIpc) is 2.58. The molecule has 0 spiro atoms. The number of hydrogen-bond donors (Lipinski definition) is 3. The molecular weight excluding hydrogens is 359 g/mol. The van der Waals surface area contributed by atoms with Crippen LogP contribution in [0.25, 0.3) is 0 Å². The maximum Gasteiger partial charge on any atom is 0.405 e. The Morgan fingerprint density at radius 1 is 1.24 bits per heavy atom. The Morgan fingerprint density at radius 2 is 1.92 bits per heavy atom. The van der Waals surface area contributed by atoms with Crippen molar-refractivity contribution in [2.45, 2.75) is 23.9 Å². The Morgan fingerprint density at radius 3 is 2.48 bits per heavy atom. The molecule has 1 aliphatic heterocycles. The molecule has 0 saturated carbocycles. The minimum Gasteiger partial charge on any atom is -0.343 e. The summed E-state index contributed by atoms with van der Waals surface area (Å²) in [6, 6.07) is 4.76. The standard InChI is InChI=1S/C15H20F3N3O3S/c16-15(17,18)10-20-14(22)12-3-5-13(6-4-12)25(23,24)21-9-11-2-1-7-19-8-11/h3-6,11,19,21H,1-2,7-10H2,(H,20,22). The molecular formula is C15H20F3N3O3S. The highest BCUT2D eigenvalue weighted by Gasteiger charge is 2.28. The van der Waals surface area contributed by atoms with E-state index >= 15 is 0 Å². The first-order valence-electron chi connectivity index (χ1n) is 7.83. The van der Waals surface area contributed by atoms with E-state index < -0.39 is 28.7 Å². The Hall–Kier alpha value is -1.65. The molecule has 1 atom stereocenters. The first-order valence-corrected chi connectivity index (χ1v) is 9.31. The number of hydrogen-bond acceptors (Lipinski definition) is 4. The molecule has 2 rings (SSSR count). The van der Waals surface area contributed by atoms with E-state index in [1.807, 2.05) is 0 Å². The van der Waals surface area contributed by atoms with E-state index in [0.29, 0.717) is 6.54 Å². The van der Waals surface area contributed by atoms with Crippen LogP contribution in [-0.4, -0.2) is 46.7 Å². The van der Waals surface area contributed by atoms with Crippen molar-refractivity contribution in [3.63, 3.8) is 0 Å². The van der Waals surface area contributed by atoms with E-state index in [-0.39, 0.29) is 16.4 Å². The number of piperidine rings is 1. The van der Waals surface area contributed by atoms with Crippen LogP contribution in [-0.2, 0) is 10.0 Å². The second kappa shape index (κ2) is 8.15. The van der Waals surface area contributed by atoms with Gasteiger partial charge in [-0.15, -0.1) is 0 Å². The average molecular weight is 379 g/mol. The zero-order valence-electron chi connectivity index (χ0n) is 13.4. The summed E-state index contributed by atoms with van der Waals surface area (Å²) in [7, 11) is -3.73. The van der Waals surface area contributed by atoms with Crippen LogP contribution in [0.5, 0.6) is 0 Å². The van der Waals surface area contributed by atoms with Crippen LogP contribution >= 0.6 is 0 Å². The number of rotatable bonds is 6. The zero-order valence-corrected chi connectivity index (χ0v) is 14.2. The Balaban J connectivity index is 1.94. The lowest BCUT2D eigenvalue weighted by atomic mass is 10.0. The predicted octanol–water partition coefficient (Wildman–Crippen LogP) is 1.26. The van der Waals surface area contributed by atoms with Gasteiger partial charge in [0.05, 0.1) is 4.90 Å². The topological polar surface area (TPSA) is 87.3 Å². The third-order valence-corrected chi connectivity index (χ3v) is 5.28. The number of nitrogens with one attached hydrogen (secondary N) is 3. The van der Waals surface area contributed by atoms with Gasteiger partial charge in [-0.05, 0) is 56.1 Å². The van der Waals surface area contributed by atoms with Crippen LogP contribution in [0.3, 0.4) is 0 Å². The van der Waals surface area contributed by atoms with Crippen molar-refractivity contribution in [3.05, 3.63) is 29.8 Å². The first-order chi connectivity index (χ1) is 11.7. The molecule has 1 fully saturated rings. The summed E-state index contributed by atoms with van der Waals surface area (Å²) in [6.45, 7) is 0.550. The van der Waals surface area contributed by atoms with Crippen LogP contribution in [0, 0.1) is 5.92 Å². The lowest BCUT2D eigenvalue weighted by Crippen LogP contribution is -2.38. The lowest BCUT2D eigenvalue weighted by molar-refractivity contribution is -0.123. The molecule has 1 amide bonds. The Labute approximate surface area is 144 Å².